The molecule has 0 aliphatic carbocycles. The molecule has 0 unspecified atom stereocenters. The summed E-state index contributed by atoms with van der Waals surface area (Å²) in [5.41, 5.74) is 27.1. The Hall–Kier alpha value is -4.92. The zero-order valence-electron chi connectivity index (χ0n) is 31.2. The molecule has 0 fully saturated rings. The van der Waals surface area contributed by atoms with E-state index < -0.39 is 0 Å². The minimum atomic E-state index is 0. The van der Waals surface area contributed by atoms with Crippen molar-refractivity contribution in [3.8, 4) is 44.5 Å². The fourth-order valence-electron chi connectivity index (χ4n) is 7.22. The molecule has 59 heavy (non-hydrogen) atoms. The van der Waals surface area contributed by atoms with Crippen molar-refractivity contribution in [3.05, 3.63) is 162 Å². The van der Waals surface area contributed by atoms with Crippen LogP contribution < -0.4 is 57.1 Å². The Kier molecular flexibility index (Phi) is 13.4. The molecule has 0 radical (unpaired) electrons. The van der Waals surface area contributed by atoms with Crippen molar-refractivity contribution in [3.63, 3.8) is 0 Å². The minimum Gasteiger partial charge on any atom is -1.00 e. The molecule has 3 aromatic heterocycles. The van der Waals surface area contributed by atoms with Gasteiger partial charge in [-0.05, 0) is 163 Å². The quantitative estimate of drug-likeness (QED) is 0.0834. The molecule has 0 spiro atoms. The molecule has 8 bridgehead atoms. The number of nitrogens with two attached hydrogens (primary N) is 4. The maximum Gasteiger partial charge on any atom is 2.00 e. The Morgan fingerprint density at radius 2 is 0.746 bits per heavy atom. The number of halogens is 4. The van der Waals surface area contributed by atoms with Crippen LogP contribution in [0.3, 0.4) is 0 Å². The molecule has 7 aromatic rings. The minimum absolute atomic E-state index is 0. The van der Waals surface area contributed by atoms with Gasteiger partial charge in [0.15, 0.2) is 0 Å². The summed E-state index contributed by atoms with van der Waals surface area (Å²) in [6.07, 6.45) is 8.23. The fraction of sp³-hybridized carbons (Fsp3) is 0. The van der Waals surface area contributed by atoms with Crippen LogP contribution in [0.1, 0.15) is 33.9 Å². The Morgan fingerprint density at radius 1 is 0.441 bits per heavy atom. The smallest absolute Gasteiger partial charge is 1.00 e. The molecule has 0 saturated heterocycles. The third-order valence-corrected chi connectivity index (χ3v) is 11.2. The van der Waals surface area contributed by atoms with Gasteiger partial charge < -0.3 is 34.8 Å². The molecular formula is C46H32Cl2I2N8Zn. The summed E-state index contributed by atoms with van der Waals surface area (Å²) in [6, 6.07) is 40.8. The van der Waals surface area contributed by atoms with Gasteiger partial charge in [0.1, 0.15) is 0 Å². The molecule has 5 heterocycles. The summed E-state index contributed by atoms with van der Waals surface area (Å²) in [4.78, 5) is 21.4. The first-order valence-electron chi connectivity index (χ1n) is 17.7. The molecule has 2 aliphatic rings. The van der Waals surface area contributed by atoms with Gasteiger partial charge in [-0.1, -0.05) is 72.8 Å². The van der Waals surface area contributed by atoms with Gasteiger partial charge in [0.05, 0.1) is 33.9 Å². The van der Waals surface area contributed by atoms with Crippen LogP contribution in [0.4, 0.5) is 0 Å². The van der Waals surface area contributed by atoms with Crippen molar-refractivity contribution in [2.45, 2.75) is 0 Å². The van der Waals surface area contributed by atoms with Crippen molar-refractivity contribution >= 4 is 103 Å². The molecule has 13 heteroatoms. The van der Waals surface area contributed by atoms with Gasteiger partial charge in [0, 0.05) is 7.14 Å². The summed E-state index contributed by atoms with van der Waals surface area (Å²) in [5, 5.41) is 11.9. The van der Waals surface area contributed by atoms with Crippen LogP contribution in [0, 0.1) is 7.14 Å². The second-order valence-electron chi connectivity index (χ2n) is 13.4. The number of benzene rings is 4. The van der Waals surface area contributed by atoms with E-state index in [0.717, 1.165) is 108 Å². The molecule has 4 aromatic carbocycles. The standard InChI is InChI=1S/C46H30I2N8.2ClH.Zn/c47-31-5-1-3-29(23-31)43-37-19-15-33(53-37)41(25-7-11-27(12-8-25)45(49)50)35-17-21-39(55-35)44(30-4-2-6-32(48)24-30)40-22-18-36(56-40)42(34-16-20-38(43)54-34)26-9-13-28(14-10-26)46(51)52;;;/h1-24H,(H3,49,50)(H3,51,52);2*1H;/q-2;;;+2. The molecular weight excluding hydrogens is 1050 g/mol. The van der Waals surface area contributed by atoms with Crippen molar-refractivity contribution in [2.24, 2.45) is 11.5 Å². The number of rotatable bonds is 6. The molecule has 0 amide bonds. The molecule has 286 valence electrons. The monoisotopic (exact) mass is 1080 g/mol. The molecule has 9 rings (SSSR count). The number of hydrogen-bond donors (Lipinski definition) is 4. The predicted molar refractivity (Wildman–Crippen MR) is 244 cm³/mol. The number of fused-ring (bicyclic) bond motifs is 8. The first-order chi connectivity index (χ1) is 27.2. The van der Waals surface area contributed by atoms with Crippen molar-refractivity contribution in [1.82, 2.24) is 19.9 Å². The Morgan fingerprint density at radius 3 is 1.03 bits per heavy atom. The third kappa shape index (κ3) is 8.58. The summed E-state index contributed by atoms with van der Waals surface area (Å²) in [6.45, 7) is 0. The van der Waals surface area contributed by atoms with Crippen LogP contribution in [-0.2, 0) is 19.5 Å². The second kappa shape index (κ2) is 18.1. The molecule has 2 aliphatic heterocycles. The van der Waals surface area contributed by atoms with E-state index in [1.165, 1.54) is 0 Å². The molecule has 0 atom stereocenters. The Labute approximate surface area is 393 Å². The molecule has 8 N–H and O–H groups in total. The number of nitrogens with zero attached hydrogens (tertiary/aromatic N) is 4. The maximum absolute atomic E-state index is 5.97. The normalized spacial score (nSPS) is 11.3. The second-order valence-corrected chi connectivity index (χ2v) is 15.9. The van der Waals surface area contributed by atoms with Gasteiger partial charge in [-0.15, -0.1) is 22.1 Å². The number of amidine groups is 2. The van der Waals surface area contributed by atoms with Gasteiger partial charge in [-0.25, -0.2) is 9.97 Å². The van der Waals surface area contributed by atoms with E-state index in [-0.39, 0.29) is 56.0 Å². The van der Waals surface area contributed by atoms with Crippen LogP contribution in [0.15, 0.2) is 121 Å². The SMILES string of the molecule is NC(=[NH2+])c1ccc(-c2c3nc(c(-c4cccc(I)c4)c4ccc([n-]4)c(-c4ccc(C(N)=[NH2+])cc4)c4nc(c(-c5cccc(I)c5)c5ccc2[n-]5)C=C4)C=C3)cc1.[Cl-].[Cl-].[Zn+2]. The summed E-state index contributed by atoms with van der Waals surface area (Å²) >= 11 is 4.70. The first-order valence-corrected chi connectivity index (χ1v) is 19.9. The summed E-state index contributed by atoms with van der Waals surface area (Å²) in [5.74, 6) is 0.518. The van der Waals surface area contributed by atoms with E-state index in [1.807, 2.05) is 48.5 Å². The van der Waals surface area contributed by atoms with Gasteiger partial charge in [0.25, 0.3) is 11.7 Å². The molecule has 0 saturated carbocycles. The van der Waals surface area contributed by atoms with Crippen molar-refractivity contribution in [2.75, 3.05) is 0 Å². The summed E-state index contributed by atoms with van der Waals surface area (Å²) < 4.78 is 2.21. The predicted octanol–water partition coefficient (Wildman–Crippen LogP) is 0.725. The average molecular weight is 1090 g/mol. The van der Waals surface area contributed by atoms with Gasteiger partial charge in [-0.3, -0.25) is 22.3 Å². The Bertz CT molecular complexity index is 2800. The van der Waals surface area contributed by atoms with Crippen LogP contribution >= 0.6 is 45.2 Å². The Balaban J connectivity index is 0.00000195. The van der Waals surface area contributed by atoms with E-state index in [0.29, 0.717) is 0 Å². The zero-order chi connectivity index (χ0) is 38.5. The maximum atomic E-state index is 5.97. The largest absolute Gasteiger partial charge is 2.00 e. The van der Waals surface area contributed by atoms with E-state index >= 15 is 0 Å². The zero-order valence-corrected chi connectivity index (χ0v) is 40.0. The van der Waals surface area contributed by atoms with E-state index in [4.69, 9.17) is 42.2 Å². The molecule has 8 nitrogen and oxygen atoms in total. The van der Waals surface area contributed by atoms with Crippen LogP contribution in [0.5, 0.6) is 0 Å². The van der Waals surface area contributed by atoms with E-state index in [9.17, 15) is 0 Å². The van der Waals surface area contributed by atoms with E-state index in [1.54, 1.807) is 0 Å². The van der Waals surface area contributed by atoms with Gasteiger partial charge in [-0.2, -0.15) is 0 Å². The van der Waals surface area contributed by atoms with E-state index in [2.05, 4.69) is 142 Å². The number of hydrogen-bond acceptors (Lipinski definition) is 2. The average Bonchev–Trinajstić information content (AvgIpc) is 4.03. The summed E-state index contributed by atoms with van der Waals surface area (Å²) in [7, 11) is 0. The van der Waals surface area contributed by atoms with Crippen LogP contribution in [-0.4, -0.2) is 21.6 Å². The first kappa shape index (κ1) is 43.7. The van der Waals surface area contributed by atoms with Crippen LogP contribution in [0.25, 0.3) is 90.9 Å². The topological polar surface area (TPSA) is 157 Å². The van der Waals surface area contributed by atoms with Crippen molar-refractivity contribution in [1.29, 1.82) is 0 Å². The van der Waals surface area contributed by atoms with Crippen LogP contribution in [0.2, 0.25) is 0 Å². The van der Waals surface area contributed by atoms with Gasteiger partial charge in [0.2, 0.25) is 0 Å². The van der Waals surface area contributed by atoms with Crippen molar-refractivity contribution < 1.29 is 55.1 Å². The third-order valence-electron chi connectivity index (χ3n) is 9.85. The number of aromatic nitrogens is 4. The van der Waals surface area contributed by atoms with Gasteiger partial charge >= 0.3 is 19.5 Å². The fourth-order valence-corrected chi connectivity index (χ4v) is 8.30.